The molecule has 0 aliphatic heterocycles. The maximum absolute atomic E-state index is 6.02. The zero-order valence-electron chi connectivity index (χ0n) is 12.3. The SMILES string of the molecule is Cc1cc(N)cc(C)c1OCc1cccc2cccnc12. The van der Waals surface area contributed by atoms with E-state index in [0.29, 0.717) is 6.61 Å². The van der Waals surface area contributed by atoms with Gasteiger partial charge in [0, 0.05) is 22.8 Å². The molecule has 3 rings (SSSR count). The molecule has 21 heavy (non-hydrogen) atoms. The predicted octanol–water partition coefficient (Wildman–Crippen LogP) is 4.01. The molecule has 0 atom stereocenters. The van der Waals surface area contributed by atoms with Crippen molar-refractivity contribution in [2.24, 2.45) is 0 Å². The van der Waals surface area contributed by atoms with Gasteiger partial charge in [-0.3, -0.25) is 4.98 Å². The van der Waals surface area contributed by atoms with Crippen molar-refractivity contribution in [2.75, 3.05) is 5.73 Å². The topological polar surface area (TPSA) is 48.1 Å². The van der Waals surface area contributed by atoms with Crippen LogP contribution in [0.15, 0.2) is 48.7 Å². The molecule has 0 amide bonds. The molecule has 3 nitrogen and oxygen atoms in total. The number of aromatic nitrogens is 1. The van der Waals surface area contributed by atoms with E-state index in [-0.39, 0.29) is 0 Å². The maximum atomic E-state index is 6.02. The second kappa shape index (κ2) is 5.44. The van der Waals surface area contributed by atoms with Crippen molar-refractivity contribution in [1.29, 1.82) is 0 Å². The number of aryl methyl sites for hydroxylation is 2. The largest absolute Gasteiger partial charge is 0.488 e. The minimum atomic E-state index is 0.500. The van der Waals surface area contributed by atoms with E-state index >= 15 is 0 Å². The summed E-state index contributed by atoms with van der Waals surface area (Å²) in [6.45, 7) is 4.53. The van der Waals surface area contributed by atoms with Gasteiger partial charge in [-0.15, -0.1) is 0 Å². The Bertz CT molecular complexity index is 768. The highest BCUT2D eigenvalue weighted by molar-refractivity contribution is 5.81. The lowest BCUT2D eigenvalue weighted by Gasteiger charge is -2.14. The number of para-hydroxylation sites is 1. The fourth-order valence-corrected chi connectivity index (χ4v) is 2.65. The number of rotatable bonds is 3. The number of anilines is 1. The molecule has 0 aliphatic carbocycles. The molecular formula is C18H18N2O. The molecule has 0 spiro atoms. The van der Waals surface area contributed by atoms with Crippen LogP contribution in [-0.4, -0.2) is 4.98 Å². The van der Waals surface area contributed by atoms with Crippen LogP contribution in [0.1, 0.15) is 16.7 Å². The lowest BCUT2D eigenvalue weighted by Crippen LogP contribution is -2.01. The van der Waals surface area contributed by atoms with Gasteiger partial charge in [-0.2, -0.15) is 0 Å². The Kier molecular flexibility index (Phi) is 3.48. The van der Waals surface area contributed by atoms with E-state index in [1.165, 1.54) is 0 Å². The number of hydrogen-bond acceptors (Lipinski definition) is 3. The Balaban J connectivity index is 1.91. The second-order valence-electron chi connectivity index (χ2n) is 5.26. The number of ether oxygens (including phenoxy) is 1. The van der Waals surface area contributed by atoms with Gasteiger partial charge >= 0.3 is 0 Å². The number of benzene rings is 2. The zero-order valence-corrected chi connectivity index (χ0v) is 12.3. The van der Waals surface area contributed by atoms with Crippen LogP contribution in [0.25, 0.3) is 10.9 Å². The first-order valence-electron chi connectivity index (χ1n) is 6.97. The smallest absolute Gasteiger partial charge is 0.125 e. The van der Waals surface area contributed by atoms with Gasteiger partial charge in [0.15, 0.2) is 0 Å². The molecule has 0 unspecified atom stereocenters. The third-order valence-electron chi connectivity index (χ3n) is 3.57. The summed E-state index contributed by atoms with van der Waals surface area (Å²) in [5.41, 5.74) is 10.8. The second-order valence-corrected chi connectivity index (χ2v) is 5.26. The highest BCUT2D eigenvalue weighted by Gasteiger charge is 2.07. The standard InChI is InChI=1S/C18H18N2O/c1-12-9-16(19)10-13(2)18(12)21-11-15-6-3-5-14-7-4-8-20-17(14)15/h3-10H,11,19H2,1-2H3. The first-order chi connectivity index (χ1) is 10.1. The molecule has 0 aliphatic rings. The Morgan fingerprint density at radius 2 is 1.76 bits per heavy atom. The van der Waals surface area contributed by atoms with Crippen molar-refractivity contribution in [2.45, 2.75) is 20.5 Å². The van der Waals surface area contributed by atoms with E-state index in [2.05, 4.69) is 23.2 Å². The highest BCUT2D eigenvalue weighted by atomic mass is 16.5. The average Bonchev–Trinajstić information content (AvgIpc) is 2.46. The highest BCUT2D eigenvalue weighted by Crippen LogP contribution is 2.27. The molecular weight excluding hydrogens is 260 g/mol. The van der Waals surface area contributed by atoms with E-state index < -0.39 is 0 Å². The van der Waals surface area contributed by atoms with Gasteiger partial charge in [-0.1, -0.05) is 24.3 Å². The van der Waals surface area contributed by atoms with Gasteiger partial charge < -0.3 is 10.5 Å². The molecule has 3 heteroatoms. The molecule has 1 heterocycles. The van der Waals surface area contributed by atoms with Gasteiger partial charge in [0.2, 0.25) is 0 Å². The summed E-state index contributed by atoms with van der Waals surface area (Å²) < 4.78 is 6.02. The van der Waals surface area contributed by atoms with Gasteiger partial charge in [0.1, 0.15) is 12.4 Å². The molecule has 0 radical (unpaired) electrons. The number of nitrogen functional groups attached to an aromatic ring is 1. The number of nitrogens with two attached hydrogens (primary N) is 1. The van der Waals surface area contributed by atoms with Crippen LogP contribution in [0, 0.1) is 13.8 Å². The predicted molar refractivity (Wildman–Crippen MR) is 86.4 cm³/mol. The molecule has 106 valence electrons. The van der Waals surface area contributed by atoms with Crippen LogP contribution < -0.4 is 10.5 Å². The summed E-state index contributed by atoms with van der Waals surface area (Å²) in [6.07, 6.45) is 1.81. The summed E-state index contributed by atoms with van der Waals surface area (Å²) in [5.74, 6) is 0.900. The molecule has 0 saturated carbocycles. The molecule has 0 bridgehead atoms. The van der Waals surface area contributed by atoms with E-state index in [1.807, 2.05) is 44.3 Å². The number of nitrogens with zero attached hydrogens (tertiary/aromatic N) is 1. The van der Waals surface area contributed by atoms with Crippen LogP contribution in [0.5, 0.6) is 5.75 Å². The molecule has 0 saturated heterocycles. The van der Waals surface area contributed by atoms with Crippen molar-refractivity contribution >= 4 is 16.6 Å². The Labute approximate surface area is 124 Å². The van der Waals surface area contributed by atoms with E-state index in [0.717, 1.165) is 39.0 Å². The van der Waals surface area contributed by atoms with Gasteiger partial charge in [-0.05, 0) is 43.2 Å². The molecule has 0 fully saturated rings. The van der Waals surface area contributed by atoms with Crippen molar-refractivity contribution in [3.05, 3.63) is 65.4 Å². The first-order valence-corrected chi connectivity index (χ1v) is 6.97. The van der Waals surface area contributed by atoms with Gasteiger partial charge in [-0.25, -0.2) is 0 Å². The van der Waals surface area contributed by atoms with Crippen molar-refractivity contribution in [3.63, 3.8) is 0 Å². The lowest BCUT2D eigenvalue weighted by molar-refractivity contribution is 0.303. The zero-order chi connectivity index (χ0) is 14.8. The van der Waals surface area contributed by atoms with E-state index in [4.69, 9.17) is 10.5 Å². The normalized spacial score (nSPS) is 10.8. The minimum Gasteiger partial charge on any atom is -0.488 e. The molecule has 3 aromatic rings. The minimum absolute atomic E-state index is 0.500. The summed E-state index contributed by atoms with van der Waals surface area (Å²) >= 11 is 0. The van der Waals surface area contributed by atoms with Crippen molar-refractivity contribution < 1.29 is 4.74 Å². The van der Waals surface area contributed by atoms with Crippen LogP contribution in [0.4, 0.5) is 5.69 Å². The third-order valence-corrected chi connectivity index (χ3v) is 3.57. The van der Waals surface area contributed by atoms with E-state index in [9.17, 15) is 0 Å². The Morgan fingerprint density at radius 3 is 2.52 bits per heavy atom. The quantitative estimate of drug-likeness (QED) is 0.736. The van der Waals surface area contributed by atoms with E-state index in [1.54, 1.807) is 0 Å². The van der Waals surface area contributed by atoms with Gasteiger partial charge in [0.05, 0.1) is 5.52 Å². The average molecular weight is 278 g/mol. The number of hydrogen-bond donors (Lipinski definition) is 1. The summed E-state index contributed by atoms with van der Waals surface area (Å²) in [7, 11) is 0. The van der Waals surface area contributed by atoms with Crippen LogP contribution in [0.3, 0.4) is 0 Å². The summed E-state index contributed by atoms with van der Waals surface area (Å²) in [4.78, 5) is 4.45. The monoisotopic (exact) mass is 278 g/mol. The maximum Gasteiger partial charge on any atom is 0.125 e. The fourth-order valence-electron chi connectivity index (χ4n) is 2.65. The van der Waals surface area contributed by atoms with Crippen molar-refractivity contribution in [1.82, 2.24) is 4.98 Å². The summed E-state index contributed by atoms with van der Waals surface area (Å²) in [6, 6.07) is 14.0. The third kappa shape index (κ3) is 2.68. The Morgan fingerprint density at radius 1 is 1.05 bits per heavy atom. The van der Waals surface area contributed by atoms with Gasteiger partial charge in [0.25, 0.3) is 0 Å². The molecule has 2 N–H and O–H groups in total. The number of fused-ring (bicyclic) bond motifs is 1. The molecule has 1 aromatic heterocycles. The fraction of sp³-hybridized carbons (Fsp3) is 0.167. The Hall–Kier alpha value is -2.55. The molecule has 2 aromatic carbocycles. The first kappa shape index (κ1) is 13.4. The van der Waals surface area contributed by atoms with Crippen molar-refractivity contribution in [3.8, 4) is 5.75 Å². The van der Waals surface area contributed by atoms with Crippen LogP contribution in [0.2, 0.25) is 0 Å². The number of pyridine rings is 1. The lowest BCUT2D eigenvalue weighted by atomic mass is 10.1. The van der Waals surface area contributed by atoms with Crippen LogP contribution in [-0.2, 0) is 6.61 Å². The van der Waals surface area contributed by atoms with Crippen LogP contribution >= 0.6 is 0 Å². The summed E-state index contributed by atoms with van der Waals surface area (Å²) in [5, 5.41) is 1.13.